The summed E-state index contributed by atoms with van der Waals surface area (Å²) < 4.78 is 3.65. The van der Waals surface area contributed by atoms with Crippen molar-refractivity contribution in [2.75, 3.05) is 32.4 Å². The maximum absolute atomic E-state index is 12.9. The van der Waals surface area contributed by atoms with Gasteiger partial charge in [0.15, 0.2) is 0 Å². The number of piperazine rings is 1. The van der Waals surface area contributed by atoms with E-state index >= 15 is 0 Å². The highest BCUT2D eigenvalue weighted by Gasteiger charge is 2.29. The molecule has 23 heavy (non-hydrogen) atoms. The number of carboxylic acids is 1. The van der Waals surface area contributed by atoms with Crippen LogP contribution in [0.5, 0.6) is 0 Å². The van der Waals surface area contributed by atoms with Gasteiger partial charge in [0.05, 0.1) is 11.1 Å². The topological polar surface area (TPSA) is 78.2 Å². The fourth-order valence-electron chi connectivity index (χ4n) is 2.95. The van der Waals surface area contributed by atoms with E-state index in [0.717, 1.165) is 13.1 Å². The zero-order valence-corrected chi connectivity index (χ0v) is 13.8. The van der Waals surface area contributed by atoms with Crippen molar-refractivity contribution in [2.24, 2.45) is 0 Å². The van der Waals surface area contributed by atoms with Crippen molar-refractivity contribution in [3.8, 4) is 0 Å². The number of carbonyl (C=O) groups excluding carboxylic acids is 1. The summed E-state index contributed by atoms with van der Waals surface area (Å²) in [6.45, 7) is 4.52. The summed E-state index contributed by atoms with van der Waals surface area (Å²) in [7, 11) is 0. The van der Waals surface area contributed by atoms with Crippen LogP contribution in [0.2, 0.25) is 0 Å². The molecule has 1 aliphatic heterocycles. The summed E-state index contributed by atoms with van der Waals surface area (Å²) in [5.41, 5.74) is 1.40. The minimum atomic E-state index is -1.04. The predicted molar refractivity (Wildman–Crippen MR) is 87.9 cm³/mol. The van der Waals surface area contributed by atoms with Crippen molar-refractivity contribution in [1.29, 1.82) is 0 Å². The first kappa shape index (κ1) is 15.8. The molecule has 0 saturated carbocycles. The Bertz CT molecular complexity index is 765. The molecule has 7 nitrogen and oxygen atoms in total. The summed E-state index contributed by atoms with van der Waals surface area (Å²) in [4.78, 5) is 26.2. The van der Waals surface area contributed by atoms with Gasteiger partial charge in [-0.3, -0.25) is 4.79 Å². The highest BCUT2D eigenvalue weighted by atomic mass is 32.2. The summed E-state index contributed by atoms with van der Waals surface area (Å²) >= 11 is 1.67. The van der Waals surface area contributed by atoms with Crippen LogP contribution in [0.3, 0.4) is 0 Å². The lowest BCUT2D eigenvalue weighted by atomic mass is 10.1. The SMILES string of the molecule is CSN1CCN(C(=O)c2c(C)c(C(=O)O)c3cccnn23)CC1. The largest absolute Gasteiger partial charge is 0.478 e. The number of hydrogen-bond donors (Lipinski definition) is 1. The number of carboxylic acid groups (broad SMARTS) is 1. The lowest BCUT2D eigenvalue weighted by Crippen LogP contribution is -2.46. The van der Waals surface area contributed by atoms with E-state index in [4.69, 9.17) is 0 Å². The number of nitrogens with zero attached hydrogens (tertiary/aromatic N) is 4. The monoisotopic (exact) mass is 334 g/mol. The molecule has 1 saturated heterocycles. The molecular formula is C15H18N4O3S. The van der Waals surface area contributed by atoms with Gasteiger partial charge in [-0.15, -0.1) is 0 Å². The Hall–Kier alpha value is -2.06. The van der Waals surface area contributed by atoms with E-state index in [1.807, 2.05) is 6.26 Å². The molecule has 1 N–H and O–H groups in total. The molecule has 3 rings (SSSR count). The number of hydrogen-bond acceptors (Lipinski definition) is 5. The average molecular weight is 334 g/mol. The molecule has 1 aliphatic rings. The molecule has 2 aromatic rings. The molecule has 0 bridgehead atoms. The Balaban J connectivity index is 2.01. The first-order chi connectivity index (χ1) is 11.0. The summed E-state index contributed by atoms with van der Waals surface area (Å²) in [5.74, 6) is -1.20. The van der Waals surface area contributed by atoms with Crippen molar-refractivity contribution in [1.82, 2.24) is 18.8 Å². The van der Waals surface area contributed by atoms with Gasteiger partial charge < -0.3 is 10.0 Å². The number of aromatic nitrogens is 2. The average Bonchev–Trinajstić information content (AvgIpc) is 2.86. The Morgan fingerprint density at radius 3 is 2.57 bits per heavy atom. The molecule has 1 fully saturated rings. The van der Waals surface area contributed by atoms with Crippen LogP contribution in [0, 0.1) is 6.92 Å². The van der Waals surface area contributed by atoms with Crippen LogP contribution in [0.25, 0.3) is 5.52 Å². The Morgan fingerprint density at radius 1 is 1.26 bits per heavy atom. The van der Waals surface area contributed by atoms with E-state index in [0.29, 0.717) is 29.9 Å². The Labute approximate surface area is 138 Å². The van der Waals surface area contributed by atoms with Crippen LogP contribution in [-0.4, -0.2) is 68.2 Å². The Kier molecular flexibility index (Phi) is 4.27. The van der Waals surface area contributed by atoms with E-state index in [9.17, 15) is 14.7 Å². The maximum atomic E-state index is 12.9. The second-order valence-corrected chi connectivity index (χ2v) is 6.26. The number of rotatable bonds is 3. The third kappa shape index (κ3) is 2.68. The number of fused-ring (bicyclic) bond motifs is 1. The fraction of sp³-hybridized carbons (Fsp3) is 0.400. The van der Waals surface area contributed by atoms with Gasteiger partial charge in [-0.05, 0) is 30.9 Å². The van der Waals surface area contributed by atoms with E-state index in [-0.39, 0.29) is 11.5 Å². The molecule has 0 radical (unpaired) electrons. The van der Waals surface area contributed by atoms with Gasteiger partial charge in [-0.2, -0.15) is 5.10 Å². The van der Waals surface area contributed by atoms with Crippen LogP contribution in [0.1, 0.15) is 26.4 Å². The van der Waals surface area contributed by atoms with Crippen LogP contribution in [0.4, 0.5) is 0 Å². The van der Waals surface area contributed by atoms with Crippen LogP contribution >= 0.6 is 11.9 Å². The van der Waals surface area contributed by atoms with E-state index in [1.165, 1.54) is 4.52 Å². The van der Waals surface area contributed by atoms with Crippen molar-refractivity contribution < 1.29 is 14.7 Å². The molecule has 0 atom stereocenters. The molecule has 8 heteroatoms. The second kappa shape index (κ2) is 6.21. The standard InChI is InChI=1S/C15H18N4O3S/c1-10-12(15(21)22)11-4-3-5-16-19(11)13(10)14(20)17-6-8-18(23-2)9-7-17/h3-5H,6-9H2,1-2H3,(H,21,22). The summed E-state index contributed by atoms with van der Waals surface area (Å²) in [6, 6.07) is 3.35. The smallest absolute Gasteiger partial charge is 0.338 e. The highest BCUT2D eigenvalue weighted by molar-refractivity contribution is 7.96. The number of amides is 1. The molecule has 0 aromatic carbocycles. The number of aromatic carboxylic acids is 1. The van der Waals surface area contributed by atoms with Gasteiger partial charge in [-0.25, -0.2) is 13.6 Å². The quantitative estimate of drug-likeness (QED) is 0.855. The van der Waals surface area contributed by atoms with Gasteiger partial charge in [0.1, 0.15) is 5.69 Å². The summed E-state index contributed by atoms with van der Waals surface area (Å²) in [6.07, 6.45) is 3.58. The van der Waals surface area contributed by atoms with Gasteiger partial charge in [0.25, 0.3) is 5.91 Å². The van der Waals surface area contributed by atoms with Crippen LogP contribution in [0.15, 0.2) is 18.3 Å². The Morgan fingerprint density at radius 2 is 1.96 bits per heavy atom. The first-order valence-electron chi connectivity index (χ1n) is 7.32. The molecule has 0 aliphatic carbocycles. The van der Waals surface area contributed by atoms with Crippen LogP contribution < -0.4 is 0 Å². The fourth-order valence-corrected chi connectivity index (χ4v) is 3.48. The second-order valence-electron chi connectivity index (χ2n) is 5.38. The van der Waals surface area contributed by atoms with Crippen molar-refractivity contribution in [3.05, 3.63) is 35.2 Å². The normalized spacial score (nSPS) is 16.0. The van der Waals surface area contributed by atoms with Gasteiger partial charge in [0.2, 0.25) is 0 Å². The zero-order chi connectivity index (χ0) is 16.6. The van der Waals surface area contributed by atoms with E-state index < -0.39 is 5.97 Å². The summed E-state index contributed by atoms with van der Waals surface area (Å²) in [5, 5.41) is 13.6. The molecule has 3 heterocycles. The van der Waals surface area contributed by atoms with Crippen molar-refractivity contribution in [2.45, 2.75) is 6.92 Å². The predicted octanol–water partition coefficient (Wildman–Crippen LogP) is 1.38. The minimum absolute atomic E-state index is 0.143. The lowest BCUT2D eigenvalue weighted by molar-refractivity contribution is 0.0693. The molecule has 0 spiro atoms. The lowest BCUT2D eigenvalue weighted by Gasteiger charge is -2.33. The molecule has 1 amide bonds. The first-order valence-corrected chi connectivity index (χ1v) is 8.50. The molecule has 0 unspecified atom stereocenters. The zero-order valence-electron chi connectivity index (χ0n) is 13.0. The number of carbonyl (C=O) groups is 2. The molecule has 2 aromatic heterocycles. The molecule has 122 valence electrons. The minimum Gasteiger partial charge on any atom is -0.478 e. The van der Waals surface area contributed by atoms with Gasteiger partial charge in [0, 0.05) is 32.4 Å². The van der Waals surface area contributed by atoms with Gasteiger partial charge in [-0.1, -0.05) is 11.9 Å². The highest BCUT2D eigenvalue weighted by Crippen LogP contribution is 2.24. The third-order valence-electron chi connectivity index (χ3n) is 4.15. The van der Waals surface area contributed by atoms with E-state index in [2.05, 4.69) is 9.40 Å². The third-order valence-corrected chi connectivity index (χ3v) is 5.03. The maximum Gasteiger partial charge on any atom is 0.338 e. The molecular weight excluding hydrogens is 316 g/mol. The van der Waals surface area contributed by atoms with Crippen molar-refractivity contribution in [3.63, 3.8) is 0 Å². The van der Waals surface area contributed by atoms with E-state index in [1.54, 1.807) is 42.1 Å². The van der Waals surface area contributed by atoms with Gasteiger partial charge >= 0.3 is 5.97 Å². The van der Waals surface area contributed by atoms with Crippen LogP contribution in [-0.2, 0) is 0 Å². The van der Waals surface area contributed by atoms with Crippen molar-refractivity contribution >= 4 is 29.3 Å².